The molecule has 31 heavy (non-hydrogen) atoms. The van der Waals surface area contributed by atoms with E-state index in [1.54, 1.807) is 18.5 Å². The predicted octanol–water partition coefficient (Wildman–Crippen LogP) is 3.30. The van der Waals surface area contributed by atoms with Gasteiger partial charge in [-0.05, 0) is 43.4 Å². The van der Waals surface area contributed by atoms with Crippen LogP contribution in [-0.4, -0.2) is 37.3 Å². The van der Waals surface area contributed by atoms with Crippen molar-refractivity contribution < 1.29 is 9.59 Å². The Bertz CT molecular complexity index is 1120. The van der Waals surface area contributed by atoms with Crippen LogP contribution < -0.4 is 11.1 Å². The maximum atomic E-state index is 12.7. The smallest absolute Gasteiger partial charge is 0.251 e. The van der Waals surface area contributed by atoms with Crippen molar-refractivity contribution in [2.24, 2.45) is 5.73 Å². The number of carbonyl (C=O) groups is 2. The second-order valence-corrected chi connectivity index (χ2v) is 9.11. The number of carbonyl (C=O) groups excluding carboxylic acids is 2. The second kappa shape index (κ2) is 9.44. The molecule has 3 heterocycles. The monoisotopic (exact) mass is 454 g/mol. The maximum absolute atomic E-state index is 12.7. The molecule has 0 aromatic carbocycles. The number of allylic oxidation sites excluding steroid dienone is 1. The van der Waals surface area contributed by atoms with Crippen molar-refractivity contribution in [2.75, 3.05) is 11.1 Å². The van der Waals surface area contributed by atoms with Gasteiger partial charge in [-0.3, -0.25) is 19.1 Å². The number of nitrogens with two attached hydrogens (primary N) is 1. The van der Waals surface area contributed by atoms with Crippen molar-refractivity contribution in [3.05, 3.63) is 53.2 Å². The summed E-state index contributed by atoms with van der Waals surface area (Å²) < 4.78 is 1.90. The first-order valence-electron chi connectivity index (χ1n) is 9.90. The number of anilines is 1. The summed E-state index contributed by atoms with van der Waals surface area (Å²) in [6.07, 6.45) is 9.02. The van der Waals surface area contributed by atoms with Gasteiger partial charge in [0.15, 0.2) is 11.0 Å². The molecule has 0 bridgehead atoms. The number of pyridine rings is 1. The van der Waals surface area contributed by atoms with E-state index in [0.717, 1.165) is 41.7 Å². The summed E-state index contributed by atoms with van der Waals surface area (Å²) in [6, 6.07) is 3.71. The number of hydrogen-bond donors (Lipinski definition) is 2. The number of rotatable bonds is 8. The fraction of sp³-hybridized carbons (Fsp3) is 0.286. The van der Waals surface area contributed by atoms with Gasteiger partial charge in [-0.25, -0.2) is 0 Å². The first-order chi connectivity index (χ1) is 15.1. The van der Waals surface area contributed by atoms with Crippen LogP contribution in [0.2, 0.25) is 0 Å². The molecule has 0 atom stereocenters. The molecule has 10 heteroatoms. The van der Waals surface area contributed by atoms with Crippen LogP contribution in [0, 0.1) is 0 Å². The summed E-state index contributed by atoms with van der Waals surface area (Å²) in [7, 11) is 0. The van der Waals surface area contributed by atoms with Crippen LogP contribution in [0.15, 0.2) is 42.3 Å². The molecular formula is C21H22N6O2S2. The van der Waals surface area contributed by atoms with Crippen LogP contribution in [0.4, 0.5) is 5.00 Å². The summed E-state index contributed by atoms with van der Waals surface area (Å²) in [5, 5.41) is 12.6. The van der Waals surface area contributed by atoms with Crippen molar-refractivity contribution in [1.82, 2.24) is 19.7 Å². The molecule has 0 saturated carbocycles. The van der Waals surface area contributed by atoms with Crippen LogP contribution in [-0.2, 0) is 24.2 Å². The standard InChI is InChI=1S/C21H22N6O2S2/c1-2-11-27-19(13-7-9-23-10-8-13)25-26-21(27)30-12-16(28)24-20-17(18(22)29)14-5-3-4-6-15(14)31-20/h2,7-10H,1,3-6,11-12H2,(H2,22,29)(H,24,28). The molecule has 0 saturated heterocycles. The first-order valence-corrected chi connectivity index (χ1v) is 11.7. The number of primary amides is 1. The van der Waals surface area contributed by atoms with Crippen LogP contribution in [0.1, 0.15) is 33.6 Å². The van der Waals surface area contributed by atoms with Crippen LogP contribution in [0.5, 0.6) is 0 Å². The highest BCUT2D eigenvalue weighted by Crippen LogP contribution is 2.38. The van der Waals surface area contributed by atoms with Gasteiger partial charge in [-0.1, -0.05) is 17.8 Å². The minimum Gasteiger partial charge on any atom is -0.365 e. The molecule has 3 aromatic heterocycles. The third-order valence-corrected chi connectivity index (χ3v) is 7.14. The molecule has 0 unspecified atom stereocenters. The zero-order valence-corrected chi connectivity index (χ0v) is 18.5. The Balaban J connectivity index is 1.49. The fourth-order valence-electron chi connectivity index (χ4n) is 3.61. The van der Waals surface area contributed by atoms with Gasteiger partial charge in [-0.2, -0.15) is 0 Å². The number of hydrogen-bond acceptors (Lipinski definition) is 7. The lowest BCUT2D eigenvalue weighted by Gasteiger charge is -2.11. The van der Waals surface area contributed by atoms with Gasteiger partial charge < -0.3 is 11.1 Å². The summed E-state index contributed by atoms with van der Waals surface area (Å²) in [5.41, 5.74) is 7.96. The highest BCUT2D eigenvalue weighted by Gasteiger charge is 2.25. The van der Waals surface area contributed by atoms with Gasteiger partial charge in [0.05, 0.1) is 11.3 Å². The molecule has 8 nitrogen and oxygen atoms in total. The van der Waals surface area contributed by atoms with E-state index in [9.17, 15) is 9.59 Å². The molecule has 1 aliphatic carbocycles. The number of amides is 2. The molecule has 0 fully saturated rings. The molecule has 3 aromatic rings. The Morgan fingerprint density at radius 1 is 1.26 bits per heavy atom. The average Bonchev–Trinajstić information content (AvgIpc) is 3.34. The Kier molecular flexibility index (Phi) is 6.47. The minimum absolute atomic E-state index is 0.131. The highest BCUT2D eigenvalue weighted by atomic mass is 32.2. The summed E-state index contributed by atoms with van der Waals surface area (Å²) in [4.78, 5) is 29.8. The van der Waals surface area contributed by atoms with E-state index in [2.05, 4.69) is 27.1 Å². The van der Waals surface area contributed by atoms with Gasteiger partial charge in [-0.15, -0.1) is 28.1 Å². The van der Waals surface area contributed by atoms with E-state index < -0.39 is 5.91 Å². The number of thioether (sulfide) groups is 1. The van der Waals surface area contributed by atoms with Crippen molar-refractivity contribution >= 4 is 39.9 Å². The minimum atomic E-state index is -0.491. The molecule has 0 radical (unpaired) electrons. The zero-order valence-electron chi connectivity index (χ0n) is 16.8. The van der Waals surface area contributed by atoms with Gasteiger partial charge >= 0.3 is 0 Å². The van der Waals surface area contributed by atoms with Crippen LogP contribution in [0.25, 0.3) is 11.4 Å². The van der Waals surface area contributed by atoms with E-state index in [1.807, 2.05) is 16.7 Å². The predicted molar refractivity (Wildman–Crippen MR) is 122 cm³/mol. The van der Waals surface area contributed by atoms with Crippen molar-refractivity contribution in [3.8, 4) is 11.4 Å². The van der Waals surface area contributed by atoms with Crippen molar-refractivity contribution in [2.45, 2.75) is 37.4 Å². The molecule has 2 amide bonds. The van der Waals surface area contributed by atoms with E-state index >= 15 is 0 Å². The van der Waals surface area contributed by atoms with Crippen LogP contribution >= 0.6 is 23.1 Å². The molecular weight excluding hydrogens is 432 g/mol. The molecule has 0 spiro atoms. The summed E-state index contributed by atoms with van der Waals surface area (Å²) in [6.45, 7) is 4.31. The zero-order chi connectivity index (χ0) is 21.8. The third-order valence-electron chi connectivity index (χ3n) is 4.97. The largest absolute Gasteiger partial charge is 0.365 e. The SMILES string of the molecule is C=CCn1c(SCC(=O)Nc2sc3c(c2C(N)=O)CCCC3)nnc1-c1ccncc1. The Labute approximate surface area is 188 Å². The van der Waals surface area contributed by atoms with Gasteiger partial charge in [0.1, 0.15) is 5.00 Å². The average molecular weight is 455 g/mol. The Morgan fingerprint density at radius 2 is 2.03 bits per heavy atom. The number of fused-ring (bicyclic) bond motifs is 1. The number of aromatic nitrogens is 4. The van der Waals surface area contributed by atoms with Gasteiger partial charge in [0.2, 0.25) is 5.91 Å². The van der Waals surface area contributed by atoms with E-state index in [1.165, 1.54) is 23.1 Å². The highest BCUT2D eigenvalue weighted by molar-refractivity contribution is 7.99. The fourth-order valence-corrected chi connectivity index (χ4v) is 5.67. The first kappa shape index (κ1) is 21.3. The third kappa shape index (κ3) is 4.54. The van der Waals surface area contributed by atoms with E-state index in [0.29, 0.717) is 28.1 Å². The Morgan fingerprint density at radius 3 is 2.77 bits per heavy atom. The quantitative estimate of drug-likeness (QED) is 0.399. The molecule has 1 aliphatic rings. The van der Waals surface area contributed by atoms with E-state index in [4.69, 9.17) is 5.73 Å². The molecule has 0 aliphatic heterocycles. The van der Waals surface area contributed by atoms with Gasteiger partial charge in [0.25, 0.3) is 5.91 Å². The van der Waals surface area contributed by atoms with E-state index in [-0.39, 0.29) is 11.7 Å². The Hall–Kier alpha value is -2.98. The summed E-state index contributed by atoms with van der Waals surface area (Å²) in [5.74, 6) is 0.110. The van der Waals surface area contributed by atoms with Crippen molar-refractivity contribution in [1.29, 1.82) is 0 Å². The number of nitrogens with zero attached hydrogens (tertiary/aromatic N) is 4. The molecule has 160 valence electrons. The lowest BCUT2D eigenvalue weighted by molar-refractivity contribution is -0.113. The number of aryl methyl sites for hydroxylation is 1. The lowest BCUT2D eigenvalue weighted by Crippen LogP contribution is -2.19. The topological polar surface area (TPSA) is 116 Å². The maximum Gasteiger partial charge on any atom is 0.251 e. The number of thiophene rings is 1. The van der Waals surface area contributed by atoms with Gasteiger partial charge in [0, 0.05) is 29.4 Å². The lowest BCUT2D eigenvalue weighted by atomic mass is 9.95. The van der Waals surface area contributed by atoms with Crippen LogP contribution in [0.3, 0.4) is 0 Å². The molecule has 4 rings (SSSR count). The normalized spacial score (nSPS) is 12.9. The second-order valence-electron chi connectivity index (χ2n) is 7.06. The van der Waals surface area contributed by atoms with Crippen molar-refractivity contribution in [3.63, 3.8) is 0 Å². The molecule has 3 N–H and O–H groups in total. The summed E-state index contributed by atoms with van der Waals surface area (Å²) >= 11 is 2.74. The number of nitrogens with one attached hydrogen (secondary N) is 1.